The Hall–Kier alpha value is -0.540. The lowest BCUT2D eigenvalue weighted by Crippen LogP contribution is -1.98. The van der Waals surface area contributed by atoms with E-state index in [9.17, 15) is 0 Å². The average molecular weight is 230 g/mol. The molecule has 0 radical (unpaired) electrons. The molecule has 1 aromatic rings. The van der Waals surface area contributed by atoms with Crippen molar-refractivity contribution in [3.8, 4) is 5.75 Å². The Balaban J connectivity index is 2.91. The van der Waals surface area contributed by atoms with Crippen LogP contribution in [0.3, 0.4) is 0 Å². The maximum Gasteiger partial charge on any atom is 0.133 e. The molecule has 1 rings (SSSR count). The third-order valence-corrected chi connectivity index (χ3v) is 2.19. The maximum atomic E-state index is 5.49. The summed E-state index contributed by atoms with van der Waals surface area (Å²) in [5.74, 6) is 0.862. The monoisotopic (exact) mass is 229 g/mol. The molecule has 1 aromatic carbocycles. The third kappa shape index (κ3) is 2.22. The Bertz CT molecular complexity index is 263. The summed E-state index contributed by atoms with van der Waals surface area (Å²) in [4.78, 5) is 0. The number of hydrogen-bond acceptors (Lipinski definition) is 2. The van der Waals surface area contributed by atoms with Crippen molar-refractivity contribution in [3.63, 3.8) is 0 Å². The summed E-state index contributed by atoms with van der Waals surface area (Å²) in [7, 11) is 0. The van der Waals surface area contributed by atoms with Crippen LogP contribution in [0.25, 0.3) is 0 Å². The minimum atomic E-state index is 0.549. The van der Waals surface area contributed by atoms with Crippen molar-refractivity contribution in [1.29, 1.82) is 0 Å². The molecule has 0 fully saturated rings. The molecule has 2 N–H and O–H groups in total. The van der Waals surface area contributed by atoms with Crippen molar-refractivity contribution in [3.05, 3.63) is 28.2 Å². The predicted octanol–water partition coefficient (Wildman–Crippen LogP) is 2.31. The highest BCUT2D eigenvalue weighted by molar-refractivity contribution is 9.10. The molecule has 0 unspecified atom stereocenters. The minimum absolute atomic E-state index is 0.549. The van der Waals surface area contributed by atoms with E-state index in [0.717, 1.165) is 15.8 Å². The van der Waals surface area contributed by atoms with Crippen molar-refractivity contribution in [2.45, 2.75) is 13.5 Å². The Kier molecular flexibility index (Phi) is 3.56. The number of nitrogens with two attached hydrogens (primary N) is 1. The van der Waals surface area contributed by atoms with Gasteiger partial charge in [0.2, 0.25) is 0 Å². The summed E-state index contributed by atoms with van der Waals surface area (Å²) in [6.07, 6.45) is 0. The smallest absolute Gasteiger partial charge is 0.133 e. The van der Waals surface area contributed by atoms with Crippen LogP contribution in [0.2, 0.25) is 0 Å². The number of benzene rings is 1. The summed E-state index contributed by atoms with van der Waals surface area (Å²) in [5, 5.41) is 0. The largest absolute Gasteiger partial charge is 0.493 e. The number of ether oxygens (including phenoxy) is 1. The van der Waals surface area contributed by atoms with E-state index in [4.69, 9.17) is 10.5 Å². The van der Waals surface area contributed by atoms with Gasteiger partial charge >= 0.3 is 0 Å². The SMILES string of the molecule is CCOc1cc(CN)ccc1Br. The second-order valence-corrected chi connectivity index (χ2v) is 3.26. The topological polar surface area (TPSA) is 35.2 Å². The molecule has 0 atom stereocenters. The lowest BCUT2D eigenvalue weighted by Gasteiger charge is -2.06. The lowest BCUT2D eigenvalue weighted by molar-refractivity contribution is 0.338. The van der Waals surface area contributed by atoms with Crippen LogP contribution in [0.4, 0.5) is 0 Å². The fourth-order valence-corrected chi connectivity index (χ4v) is 1.30. The summed E-state index contributed by atoms with van der Waals surface area (Å²) in [6, 6.07) is 5.88. The van der Waals surface area contributed by atoms with Gasteiger partial charge in [0.1, 0.15) is 5.75 Å². The normalized spacial score (nSPS) is 9.92. The van der Waals surface area contributed by atoms with E-state index >= 15 is 0 Å². The minimum Gasteiger partial charge on any atom is -0.493 e. The highest BCUT2D eigenvalue weighted by Crippen LogP contribution is 2.25. The fourth-order valence-electron chi connectivity index (χ4n) is 0.941. The van der Waals surface area contributed by atoms with Gasteiger partial charge in [-0.2, -0.15) is 0 Å². The quantitative estimate of drug-likeness (QED) is 0.864. The van der Waals surface area contributed by atoms with E-state index in [2.05, 4.69) is 15.9 Å². The zero-order valence-corrected chi connectivity index (χ0v) is 8.60. The number of hydrogen-bond donors (Lipinski definition) is 1. The van der Waals surface area contributed by atoms with Gasteiger partial charge in [-0.3, -0.25) is 0 Å². The second-order valence-electron chi connectivity index (χ2n) is 2.40. The molecule has 0 saturated carbocycles. The van der Waals surface area contributed by atoms with E-state index < -0.39 is 0 Å². The first kappa shape index (κ1) is 9.55. The molecule has 0 spiro atoms. The average Bonchev–Trinajstić information content (AvgIpc) is 2.09. The number of rotatable bonds is 3. The standard InChI is InChI=1S/C9H12BrNO/c1-2-12-9-5-7(6-11)3-4-8(9)10/h3-5H,2,6,11H2,1H3. The molecular formula is C9H12BrNO. The van der Waals surface area contributed by atoms with Crippen molar-refractivity contribution in [2.24, 2.45) is 5.73 Å². The van der Waals surface area contributed by atoms with E-state index in [1.54, 1.807) is 0 Å². The Labute approximate surface area is 80.8 Å². The molecule has 0 aliphatic rings. The molecule has 0 aromatic heterocycles. The molecule has 2 nitrogen and oxygen atoms in total. The first-order valence-corrected chi connectivity index (χ1v) is 4.68. The van der Waals surface area contributed by atoms with Crippen LogP contribution in [0.15, 0.2) is 22.7 Å². The summed E-state index contributed by atoms with van der Waals surface area (Å²) < 4.78 is 6.35. The third-order valence-electron chi connectivity index (χ3n) is 1.53. The molecule has 0 aliphatic heterocycles. The van der Waals surface area contributed by atoms with E-state index in [-0.39, 0.29) is 0 Å². The second kappa shape index (κ2) is 4.48. The molecular weight excluding hydrogens is 218 g/mol. The molecule has 0 bridgehead atoms. The van der Waals surface area contributed by atoms with Crippen LogP contribution in [0, 0.1) is 0 Å². The van der Waals surface area contributed by atoms with Gasteiger partial charge < -0.3 is 10.5 Å². The van der Waals surface area contributed by atoms with Crippen molar-refractivity contribution in [1.82, 2.24) is 0 Å². The van der Waals surface area contributed by atoms with Gasteiger partial charge in [-0.05, 0) is 40.5 Å². The zero-order chi connectivity index (χ0) is 8.97. The van der Waals surface area contributed by atoms with Gasteiger partial charge in [0.25, 0.3) is 0 Å². The summed E-state index contributed by atoms with van der Waals surface area (Å²) in [6.45, 7) is 3.18. The van der Waals surface area contributed by atoms with Crippen LogP contribution in [-0.4, -0.2) is 6.61 Å². The van der Waals surface area contributed by atoms with Gasteiger partial charge in [-0.25, -0.2) is 0 Å². The van der Waals surface area contributed by atoms with Gasteiger partial charge in [-0.1, -0.05) is 6.07 Å². The van der Waals surface area contributed by atoms with E-state index in [0.29, 0.717) is 13.2 Å². The highest BCUT2D eigenvalue weighted by atomic mass is 79.9. The Morgan fingerprint density at radius 3 is 2.83 bits per heavy atom. The van der Waals surface area contributed by atoms with Crippen LogP contribution in [0.5, 0.6) is 5.75 Å². The molecule has 3 heteroatoms. The van der Waals surface area contributed by atoms with E-state index in [1.165, 1.54) is 0 Å². The van der Waals surface area contributed by atoms with Gasteiger partial charge in [0.15, 0.2) is 0 Å². The van der Waals surface area contributed by atoms with Crippen molar-refractivity contribution < 1.29 is 4.74 Å². The Morgan fingerprint density at radius 1 is 1.50 bits per heavy atom. The molecule has 66 valence electrons. The van der Waals surface area contributed by atoms with Gasteiger partial charge in [0.05, 0.1) is 11.1 Å². The predicted molar refractivity (Wildman–Crippen MR) is 53.2 cm³/mol. The Morgan fingerprint density at radius 2 is 2.25 bits per heavy atom. The molecule has 0 saturated heterocycles. The first-order chi connectivity index (χ1) is 5.77. The van der Waals surface area contributed by atoms with Crippen molar-refractivity contribution in [2.75, 3.05) is 6.61 Å². The van der Waals surface area contributed by atoms with Crippen LogP contribution >= 0.6 is 15.9 Å². The summed E-state index contributed by atoms with van der Waals surface area (Å²) in [5.41, 5.74) is 6.58. The highest BCUT2D eigenvalue weighted by Gasteiger charge is 2.00. The van der Waals surface area contributed by atoms with E-state index in [1.807, 2.05) is 25.1 Å². The zero-order valence-electron chi connectivity index (χ0n) is 7.01. The molecule has 0 heterocycles. The molecule has 0 amide bonds. The molecule has 0 aliphatic carbocycles. The van der Waals surface area contributed by atoms with Gasteiger partial charge in [0, 0.05) is 6.54 Å². The van der Waals surface area contributed by atoms with Crippen LogP contribution < -0.4 is 10.5 Å². The first-order valence-electron chi connectivity index (χ1n) is 3.89. The maximum absolute atomic E-state index is 5.49. The van der Waals surface area contributed by atoms with Crippen LogP contribution in [-0.2, 0) is 6.54 Å². The van der Waals surface area contributed by atoms with Crippen LogP contribution in [0.1, 0.15) is 12.5 Å². The lowest BCUT2D eigenvalue weighted by atomic mass is 10.2. The number of halogens is 1. The van der Waals surface area contributed by atoms with Crippen molar-refractivity contribution >= 4 is 15.9 Å². The fraction of sp³-hybridized carbons (Fsp3) is 0.333. The summed E-state index contributed by atoms with van der Waals surface area (Å²) >= 11 is 3.39. The molecule has 12 heavy (non-hydrogen) atoms. The van der Waals surface area contributed by atoms with Gasteiger partial charge in [-0.15, -0.1) is 0 Å².